The van der Waals surface area contributed by atoms with Crippen LogP contribution in [0.1, 0.15) is 40.1 Å². The molecule has 1 aliphatic rings. The van der Waals surface area contributed by atoms with E-state index in [2.05, 4.69) is 23.7 Å². The lowest BCUT2D eigenvalue weighted by atomic mass is 10.0. The van der Waals surface area contributed by atoms with Crippen LogP contribution in [0.15, 0.2) is 73.1 Å². The zero-order chi connectivity index (χ0) is 23.4. The number of hydrogen-bond acceptors (Lipinski definition) is 5. The molecule has 0 radical (unpaired) electrons. The number of carbonyl (C=O) groups excluding carboxylic acids is 2. The molecule has 0 saturated carbocycles. The molecule has 2 aromatic carbocycles. The smallest absolute Gasteiger partial charge is 0.274 e. The Bertz CT molecular complexity index is 1110. The molecular formula is C26H28N4O3. The number of piperazine rings is 1. The molecule has 0 aliphatic carbocycles. The number of amides is 2. The van der Waals surface area contributed by atoms with E-state index in [4.69, 9.17) is 5.21 Å². The zero-order valence-electron chi connectivity index (χ0n) is 18.8. The number of pyridine rings is 1. The van der Waals surface area contributed by atoms with E-state index in [9.17, 15) is 9.59 Å². The minimum atomic E-state index is -0.525. The topological polar surface area (TPSA) is 85.8 Å². The van der Waals surface area contributed by atoms with E-state index < -0.39 is 5.91 Å². The maximum atomic E-state index is 13.3. The third kappa shape index (κ3) is 5.10. The van der Waals surface area contributed by atoms with Crippen LogP contribution in [0.2, 0.25) is 0 Å². The van der Waals surface area contributed by atoms with Crippen LogP contribution in [0.4, 0.5) is 0 Å². The van der Waals surface area contributed by atoms with Crippen molar-refractivity contribution in [3.05, 3.63) is 89.7 Å². The first kappa shape index (κ1) is 22.6. The number of carbonyl (C=O) groups is 2. The molecule has 2 amide bonds. The Labute approximate surface area is 193 Å². The van der Waals surface area contributed by atoms with Gasteiger partial charge in [0, 0.05) is 55.2 Å². The summed E-state index contributed by atoms with van der Waals surface area (Å²) in [5, 5.41) is 8.77. The molecule has 7 nitrogen and oxygen atoms in total. The number of aromatic nitrogens is 1. The molecule has 33 heavy (non-hydrogen) atoms. The summed E-state index contributed by atoms with van der Waals surface area (Å²) in [6.45, 7) is 6.29. The van der Waals surface area contributed by atoms with Crippen molar-refractivity contribution in [3.63, 3.8) is 0 Å². The zero-order valence-corrected chi connectivity index (χ0v) is 18.8. The first-order valence-electron chi connectivity index (χ1n) is 11.0. The second-order valence-electron chi connectivity index (χ2n) is 8.54. The van der Waals surface area contributed by atoms with Gasteiger partial charge >= 0.3 is 0 Å². The van der Waals surface area contributed by atoms with Crippen molar-refractivity contribution >= 4 is 11.8 Å². The Morgan fingerprint density at radius 2 is 1.61 bits per heavy atom. The van der Waals surface area contributed by atoms with E-state index in [0.29, 0.717) is 24.2 Å². The van der Waals surface area contributed by atoms with Gasteiger partial charge in [0.05, 0.1) is 0 Å². The highest BCUT2D eigenvalue weighted by Crippen LogP contribution is 2.24. The fraction of sp³-hybridized carbons (Fsp3) is 0.269. The predicted molar refractivity (Wildman–Crippen MR) is 126 cm³/mol. The van der Waals surface area contributed by atoms with Crippen LogP contribution in [-0.2, 0) is 6.54 Å². The number of benzene rings is 2. The number of nitrogens with zero attached hydrogens (tertiary/aromatic N) is 3. The van der Waals surface area contributed by atoms with Crippen molar-refractivity contribution in [1.29, 1.82) is 0 Å². The Hall–Kier alpha value is -3.55. The van der Waals surface area contributed by atoms with Gasteiger partial charge in [-0.05, 0) is 66.9 Å². The van der Waals surface area contributed by atoms with Crippen LogP contribution in [0.25, 0.3) is 11.1 Å². The summed E-state index contributed by atoms with van der Waals surface area (Å²) in [7, 11) is 0. The number of hydroxylamine groups is 1. The number of rotatable bonds is 5. The molecule has 2 atom stereocenters. The molecule has 1 aliphatic heterocycles. The van der Waals surface area contributed by atoms with Crippen molar-refractivity contribution in [1.82, 2.24) is 20.3 Å². The van der Waals surface area contributed by atoms with Crippen molar-refractivity contribution in [2.45, 2.75) is 32.5 Å². The minimum absolute atomic E-state index is 0.0450. The molecule has 1 fully saturated rings. The molecule has 3 aromatic rings. The SMILES string of the molecule is C[C@@H]1CN(C(=O)c2cccc(-c3ccncc3)c2)C[C@H](C)N1Cc1ccc(C(=O)NO)cc1. The second-order valence-corrected chi connectivity index (χ2v) is 8.54. The monoisotopic (exact) mass is 444 g/mol. The lowest BCUT2D eigenvalue weighted by molar-refractivity contribution is 0.0270. The highest BCUT2D eigenvalue weighted by Gasteiger charge is 2.32. The van der Waals surface area contributed by atoms with Crippen molar-refractivity contribution in [3.8, 4) is 11.1 Å². The van der Waals surface area contributed by atoms with Gasteiger partial charge in [-0.1, -0.05) is 24.3 Å². The first-order chi connectivity index (χ1) is 16.0. The number of nitrogens with one attached hydrogen (secondary N) is 1. The molecule has 2 heterocycles. The van der Waals surface area contributed by atoms with Gasteiger partial charge in [-0.25, -0.2) is 5.48 Å². The summed E-state index contributed by atoms with van der Waals surface area (Å²) >= 11 is 0. The molecule has 1 aromatic heterocycles. The molecule has 0 bridgehead atoms. The molecule has 0 unspecified atom stereocenters. The van der Waals surface area contributed by atoms with Crippen LogP contribution in [0.5, 0.6) is 0 Å². The first-order valence-corrected chi connectivity index (χ1v) is 11.0. The Morgan fingerprint density at radius 3 is 2.24 bits per heavy atom. The van der Waals surface area contributed by atoms with Crippen LogP contribution >= 0.6 is 0 Å². The molecule has 4 rings (SSSR count). The van der Waals surface area contributed by atoms with E-state index in [1.165, 1.54) is 0 Å². The summed E-state index contributed by atoms with van der Waals surface area (Å²) in [6.07, 6.45) is 3.50. The Morgan fingerprint density at radius 1 is 0.939 bits per heavy atom. The quantitative estimate of drug-likeness (QED) is 0.464. The molecular weight excluding hydrogens is 416 g/mol. The fourth-order valence-electron chi connectivity index (χ4n) is 4.43. The summed E-state index contributed by atoms with van der Waals surface area (Å²) in [5.74, 6) is -0.480. The molecule has 0 spiro atoms. The Balaban J connectivity index is 1.43. The van der Waals surface area contributed by atoms with Gasteiger partial charge in [-0.15, -0.1) is 0 Å². The third-order valence-electron chi connectivity index (χ3n) is 6.19. The van der Waals surface area contributed by atoms with Crippen LogP contribution in [0, 0.1) is 0 Å². The van der Waals surface area contributed by atoms with E-state index in [-0.39, 0.29) is 18.0 Å². The predicted octanol–water partition coefficient (Wildman–Crippen LogP) is 3.60. The van der Waals surface area contributed by atoms with Crippen LogP contribution in [-0.4, -0.2) is 57.0 Å². The van der Waals surface area contributed by atoms with Crippen molar-refractivity contribution in [2.75, 3.05) is 13.1 Å². The van der Waals surface area contributed by atoms with Gasteiger partial charge in [0.15, 0.2) is 0 Å². The lowest BCUT2D eigenvalue weighted by Gasteiger charge is -2.44. The lowest BCUT2D eigenvalue weighted by Crippen LogP contribution is -2.57. The van der Waals surface area contributed by atoms with E-state index in [0.717, 1.165) is 23.2 Å². The molecule has 2 N–H and O–H groups in total. The van der Waals surface area contributed by atoms with Gasteiger partial charge in [0.1, 0.15) is 0 Å². The largest absolute Gasteiger partial charge is 0.336 e. The van der Waals surface area contributed by atoms with Gasteiger partial charge in [-0.2, -0.15) is 0 Å². The molecule has 1 saturated heterocycles. The molecule has 170 valence electrons. The van der Waals surface area contributed by atoms with Crippen molar-refractivity contribution < 1.29 is 14.8 Å². The highest BCUT2D eigenvalue weighted by molar-refractivity contribution is 5.95. The van der Waals surface area contributed by atoms with Gasteiger partial charge in [0.2, 0.25) is 0 Å². The summed E-state index contributed by atoms with van der Waals surface area (Å²) < 4.78 is 0. The maximum absolute atomic E-state index is 13.3. The molecule has 7 heteroatoms. The highest BCUT2D eigenvalue weighted by atomic mass is 16.5. The van der Waals surface area contributed by atoms with Gasteiger partial charge in [0.25, 0.3) is 11.8 Å². The Kier molecular flexibility index (Phi) is 6.82. The van der Waals surface area contributed by atoms with Gasteiger partial charge in [-0.3, -0.25) is 24.7 Å². The fourth-order valence-corrected chi connectivity index (χ4v) is 4.43. The summed E-state index contributed by atoms with van der Waals surface area (Å²) in [5.41, 5.74) is 5.86. The van der Waals surface area contributed by atoms with E-state index in [1.54, 1.807) is 30.0 Å². The average molecular weight is 445 g/mol. The normalized spacial score (nSPS) is 18.7. The summed E-state index contributed by atoms with van der Waals surface area (Å²) in [6, 6.07) is 19.2. The second kappa shape index (κ2) is 9.94. The van der Waals surface area contributed by atoms with Crippen LogP contribution < -0.4 is 5.48 Å². The van der Waals surface area contributed by atoms with Gasteiger partial charge < -0.3 is 4.90 Å². The van der Waals surface area contributed by atoms with Crippen LogP contribution in [0.3, 0.4) is 0 Å². The number of hydrogen-bond donors (Lipinski definition) is 2. The van der Waals surface area contributed by atoms with Crippen molar-refractivity contribution in [2.24, 2.45) is 0 Å². The summed E-state index contributed by atoms with van der Waals surface area (Å²) in [4.78, 5) is 33.2. The minimum Gasteiger partial charge on any atom is -0.336 e. The van der Waals surface area contributed by atoms with E-state index in [1.807, 2.05) is 53.4 Å². The standard InChI is InChI=1S/C26H28N4O3/c1-18-15-29(26(32)24-5-3-4-23(14-24)21-10-12-27-13-11-21)16-19(2)30(18)17-20-6-8-22(9-7-20)25(31)28-33/h3-14,18-19,33H,15-17H2,1-2H3,(H,28,31)/t18-,19+. The average Bonchev–Trinajstić information content (AvgIpc) is 2.86. The maximum Gasteiger partial charge on any atom is 0.274 e. The third-order valence-corrected chi connectivity index (χ3v) is 6.19. The van der Waals surface area contributed by atoms with E-state index >= 15 is 0 Å².